The maximum absolute atomic E-state index is 14.5. The van der Waals surface area contributed by atoms with E-state index in [1.807, 2.05) is 37.2 Å². The molecule has 1 fully saturated rings. The van der Waals surface area contributed by atoms with Crippen LogP contribution in [0.5, 0.6) is 0 Å². The van der Waals surface area contributed by atoms with Crippen LogP contribution in [0.15, 0.2) is 52.3 Å². The van der Waals surface area contributed by atoms with Gasteiger partial charge in [0.15, 0.2) is 5.67 Å². The average Bonchev–Trinajstić information content (AvgIpc) is 2.82. The molecule has 0 aliphatic heterocycles. The van der Waals surface area contributed by atoms with Gasteiger partial charge in [-0.05, 0) is 95.2 Å². The highest BCUT2D eigenvalue weighted by molar-refractivity contribution is 7.98. The van der Waals surface area contributed by atoms with Crippen LogP contribution >= 0.6 is 23.7 Å². The Bertz CT molecular complexity index is 871. The maximum Gasteiger partial charge on any atom is 0.267 e. The molecule has 1 aliphatic rings. The third-order valence-corrected chi connectivity index (χ3v) is 6.90. The smallest absolute Gasteiger partial charge is 0.267 e. The van der Waals surface area contributed by atoms with E-state index in [1.165, 1.54) is 4.90 Å². The van der Waals surface area contributed by atoms with E-state index in [0.717, 1.165) is 43.5 Å². The number of hydrogen-bond donors (Lipinski definition) is 2. The summed E-state index contributed by atoms with van der Waals surface area (Å²) in [6, 6.07) is 12.6. The molecule has 0 heterocycles. The minimum Gasteiger partial charge on any atom is -0.380 e. The number of alkyl halides is 1. The van der Waals surface area contributed by atoms with Crippen molar-refractivity contribution in [1.29, 1.82) is 0 Å². The fourth-order valence-electron chi connectivity index (χ4n) is 3.48. The topological polar surface area (TPSA) is 44.4 Å². The van der Waals surface area contributed by atoms with Crippen molar-refractivity contribution in [2.24, 2.45) is 0 Å². The van der Waals surface area contributed by atoms with Gasteiger partial charge in [-0.3, -0.25) is 9.52 Å². The largest absolute Gasteiger partial charge is 0.380 e. The van der Waals surface area contributed by atoms with Gasteiger partial charge in [0.1, 0.15) is 17.3 Å². The summed E-state index contributed by atoms with van der Waals surface area (Å²) in [4.78, 5) is 15.5. The Kier molecular flexibility index (Phi) is 12.1. The van der Waals surface area contributed by atoms with Crippen LogP contribution in [-0.4, -0.2) is 49.9 Å². The quantitative estimate of drug-likeness (QED) is 0.227. The highest BCUT2D eigenvalue weighted by Gasteiger charge is 2.39. The molecule has 9 heteroatoms. The third kappa shape index (κ3) is 9.43. The molecule has 0 unspecified atom stereocenters. The summed E-state index contributed by atoms with van der Waals surface area (Å²) >= 11 is 2.50. The monoisotopic (exact) mass is 513 g/mol. The molecule has 0 radical (unpaired) electrons. The minimum absolute atomic E-state index is 0.186. The molecular weight excluding hydrogens is 479 g/mol. The molecule has 0 bridgehead atoms. The zero-order chi connectivity index (χ0) is 25.0. The molecule has 0 spiro atoms. The van der Waals surface area contributed by atoms with Crippen LogP contribution < -0.4 is 10.0 Å². The lowest BCUT2D eigenvalue weighted by Gasteiger charge is -2.27. The summed E-state index contributed by atoms with van der Waals surface area (Å²) in [5.74, 6) is -2.20. The van der Waals surface area contributed by atoms with E-state index in [0.29, 0.717) is 19.4 Å². The van der Waals surface area contributed by atoms with E-state index < -0.39 is 23.2 Å². The molecule has 1 saturated carbocycles. The summed E-state index contributed by atoms with van der Waals surface area (Å²) in [5, 5.41) is 2.75. The molecule has 2 aromatic rings. The first-order chi connectivity index (χ1) is 16.2. The molecule has 34 heavy (non-hydrogen) atoms. The molecule has 3 rings (SSSR count). The van der Waals surface area contributed by atoms with Crippen molar-refractivity contribution < 1.29 is 18.0 Å². The van der Waals surface area contributed by atoms with E-state index >= 15 is 0 Å². The van der Waals surface area contributed by atoms with Crippen LogP contribution in [0.25, 0.3) is 0 Å². The number of carbonyl (C=O) groups is 1. The summed E-state index contributed by atoms with van der Waals surface area (Å²) in [6.45, 7) is 1.25. The van der Waals surface area contributed by atoms with Crippen molar-refractivity contribution in [1.82, 2.24) is 9.62 Å². The van der Waals surface area contributed by atoms with Gasteiger partial charge in [0, 0.05) is 16.3 Å². The van der Waals surface area contributed by atoms with E-state index in [1.54, 1.807) is 11.8 Å². The standard InChI is InChI=1S/C18H26F3N3OS.C7H8S/c1-24(2)10-6-9-22-16-14(19)11-13(12-15(16)20)26-23-17(25)18(21)7-4-3-5-8-18;1-8-7-5-3-2-4-6-7/h11-12,22H,3-10H2,1-2H3,(H,23,25);2-6H,1H3. The van der Waals surface area contributed by atoms with Gasteiger partial charge in [-0.1, -0.05) is 24.6 Å². The summed E-state index contributed by atoms with van der Waals surface area (Å²) in [6.07, 6.45) is 5.48. The van der Waals surface area contributed by atoms with Gasteiger partial charge in [0.05, 0.1) is 0 Å². The Hall–Kier alpha value is -1.84. The van der Waals surface area contributed by atoms with E-state index in [9.17, 15) is 18.0 Å². The number of carbonyl (C=O) groups excluding carboxylic acids is 1. The Labute approximate surface area is 209 Å². The minimum atomic E-state index is -1.88. The summed E-state index contributed by atoms with van der Waals surface area (Å²) in [5.41, 5.74) is -2.07. The van der Waals surface area contributed by atoms with Crippen LogP contribution in [0.4, 0.5) is 18.9 Å². The number of nitrogens with zero attached hydrogens (tertiary/aromatic N) is 1. The lowest BCUT2D eigenvalue weighted by Crippen LogP contribution is -2.42. The number of benzene rings is 2. The molecule has 1 amide bonds. The van der Waals surface area contributed by atoms with Crippen molar-refractivity contribution in [3.63, 3.8) is 0 Å². The zero-order valence-corrected chi connectivity index (χ0v) is 21.6. The van der Waals surface area contributed by atoms with Gasteiger partial charge in [-0.15, -0.1) is 11.8 Å². The van der Waals surface area contributed by atoms with Gasteiger partial charge < -0.3 is 10.2 Å². The first-order valence-electron chi connectivity index (χ1n) is 11.4. The van der Waals surface area contributed by atoms with Crippen molar-refractivity contribution in [2.45, 2.75) is 54.0 Å². The third-order valence-electron chi connectivity index (χ3n) is 5.39. The van der Waals surface area contributed by atoms with Crippen molar-refractivity contribution in [3.05, 3.63) is 54.1 Å². The fourth-order valence-corrected chi connectivity index (χ4v) is 4.63. The molecule has 4 nitrogen and oxygen atoms in total. The Morgan fingerprint density at radius 3 is 2.18 bits per heavy atom. The number of nitrogens with one attached hydrogen (secondary N) is 2. The lowest BCUT2D eigenvalue weighted by atomic mass is 9.86. The Balaban J connectivity index is 0.000000430. The molecule has 2 aromatic carbocycles. The summed E-state index contributed by atoms with van der Waals surface area (Å²) in [7, 11) is 3.85. The van der Waals surface area contributed by atoms with Crippen LogP contribution in [0.2, 0.25) is 0 Å². The van der Waals surface area contributed by atoms with Gasteiger partial charge in [0.25, 0.3) is 5.91 Å². The van der Waals surface area contributed by atoms with E-state index in [-0.39, 0.29) is 23.4 Å². The van der Waals surface area contributed by atoms with Gasteiger partial charge in [-0.25, -0.2) is 13.2 Å². The second kappa shape index (κ2) is 14.5. The molecule has 2 N–H and O–H groups in total. The van der Waals surface area contributed by atoms with Crippen molar-refractivity contribution in [3.8, 4) is 0 Å². The van der Waals surface area contributed by atoms with Crippen LogP contribution in [0, 0.1) is 11.6 Å². The second-order valence-corrected chi connectivity index (χ2v) is 10.2. The number of thioether (sulfide) groups is 1. The zero-order valence-electron chi connectivity index (χ0n) is 20.0. The molecule has 0 aromatic heterocycles. The van der Waals surface area contributed by atoms with Gasteiger partial charge in [-0.2, -0.15) is 0 Å². The first-order valence-corrected chi connectivity index (χ1v) is 13.4. The van der Waals surface area contributed by atoms with Crippen molar-refractivity contribution >= 4 is 35.3 Å². The Morgan fingerprint density at radius 2 is 1.65 bits per heavy atom. The number of anilines is 1. The number of hydrogen-bond acceptors (Lipinski definition) is 5. The maximum atomic E-state index is 14.5. The molecule has 0 atom stereocenters. The summed E-state index contributed by atoms with van der Waals surface area (Å²) < 4.78 is 45.2. The highest BCUT2D eigenvalue weighted by Crippen LogP contribution is 2.33. The van der Waals surface area contributed by atoms with Gasteiger partial charge >= 0.3 is 0 Å². The highest BCUT2D eigenvalue weighted by atomic mass is 32.2. The molecular formula is C25H34F3N3OS2. The number of rotatable bonds is 9. The first kappa shape index (κ1) is 28.4. The molecule has 1 aliphatic carbocycles. The predicted molar refractivity (Wildman–Crippen MR) is 137 cm³/mol. The van der Waals surface area contributed by atoms with E-state index in [4.69, 9.17) is 0 Å². The number of halogens is 3. The lowest BCUT2D eigenvalue weighted by molar-refractivity contribution is -0.132. The van der Waals surface area contributed by atoms with E-state index in [2.05, 4.69) is 28.4 Å². The molecule has 188 valence electrons. The van der Waals surface area contributed by atoms with Crippen LogP contribution in [0.3, 0.4) is 0 Å². The fraction of sp³-hybridized carbons (Fsp3) is 0.480. The molecule has 0 saturated heterocycles. The second-order valence-electron chi connectivity index (χ2n) is 8.42. The SMILES string of the molecule is CN(C)CCCNc1c(F)cc(SNC(=O)C2(F)CCCCC2)cc1F.CSc1ccccc1. The number of amides is 1. The average molecular weight is 514 g/mol. The predicted octanol–water partition coefficient (Wildman–Crippen LogP) is 6.53. The normalized spacial score (nSPS) is 14.8. The Morgan fingerprint density at radius 1 is 1.03 bits per heavy atom. The van der Waals surface area contributed by atoms with Crippen molar-refractivity contribution in [2.75, 3.05) is 38.8 Å². The van der Waals surface area contributed by atoms with Crippen LogP contribution in [-0.2, 0) is 4.79 Å². The van der Waals surface area contributed by atoms with Gasteiger partial charge in [0.2, 0.25) is 0 Å². The van der Waals surface area contributed by atoms with Crippen LogP contribution in [0.1, 0.15) is 38.5 Å².